The molecule has 0 radical (unpaired) electrons. The van der Waals surface area contributed by atoms with Crippen molar-refractivity contribution in [2.24, 2.45) is 0 Å². The van der Waals surface area contributed by atoms with Gasteiger partial charge in [-0.1, -0.05) is 35.9 Å². The number of rotatable bonds is 10. The van der Waals surface area contributed by atoms with Gasteiger partial charge in [0.25, 0.3) is 0 Å². The smallest absolute Gasteiger partial charge is 0.243 e. The first-order chi connectivity index (χ1) is 14.4. The van der Waals surface area contributed by atoms with E-state index in [2.05, 4.69) is 0 Å². The average molecular weight is 431 g/mol. The van der Waals surface area contributed by atoms with Crippen molar-refractivity contribution in [3.05, 3.63) is 65.9 Å². The molecule has 3 aromatic rings. The zero-order chi connectivity index (χ0) is 21.7. The van der Waals surface area contributed by atoms with Crippen LogP contribution in [0.15, 0.2) is 59.6 Å². The number of carbonyl (C=O) groups is 1. The van der Waals surface area contributed by atoms with E-state index in [1.807, 2.05) is 31.2 Å². The standard InChI is InChI=1S/C22H26N2O5S/c1-17-7-9-20(10-8-17)30(27,28)24(11-12-29-2)15-19(26)14-23-13-18(16-25)21-5-3-4-6-22(21)23/h3-10,13,16,19,26H,11-12,14-15H2,1-2H3. The van der Waals surface area contributed by atoms with E-state index < -0.39 is 16.1 Å². The summed E-state index contributed by atoms with van der Waals surface area (Å²) in [7, 11) is -2.29. The quantitative estimate of drug-likeness (QED) is 0.499. The molecule has 0 saturated carbocycles. The van der Waals surface area contributed by atoms with Gasteiger partial charge < -0.3 is 14.4 Å². The molecule has 8 heteroatoms. The minimum Gasteiger partial charge on any atom is -0.390 e. The molecular formula is C22H26N2O5S. The number of aliphatic hydroxyl groups excluding tert-OH is 1. The maximum atomic E-state index is 13.1. The van der Waals surface area contributed by atoms with Crippen LogP contribution >= 0.6 is 0 Å². The van der Waals surface area contributed by atoms with Crippen molar-refractivity contribution < 1.29 is 23.1 Å². The van der Waals surface area contributed by atoms with Crippen molar-refractivity contribution in [1.29, 1.82) is 0 Å². The average Bonchev–Trinajstić information content (AvgIpc) is 3.09. The molecule has 0 aliphatic rings. The van der Waals surface area contributed by atoms with Crippen LogP contribution in [0.3, 0.4) is 0 Å². The summed E-state index contributed by atoms with van der Waals surface area (Å²) < 4.78 is 34.3. The fraction of sp³-hybridized carbons (Fsp3) is 0.318. The Morgan fingerprint density at radius 3 is 2.53 bits per heavy atom. The summed E-state index contributed by atoms with van der Waals surface area (Å²) in [5.74, 6) is 0. The van der Waals surface area contributed by atoms with Crippen molar-refractivity contribution in [3.63, 3.8) is 0 Å². The number of sulfonamides is 1. The van der Waals surface area contributed by atoms with Crippen LogP contribution in [0.25, 0.3) is 10.9 Å². The fourth-order valence-corrected chi connectivity index (χ4v) is 4.86. The van der Waals surface area contributed by atoms with Gasteiger partial charge in [0.2, 0.25) is 10.0 Å². The normalized spacial score (nSPS) is 13.1. The molecule has 0 spiro atoms. The first-order valence-corrected chi connectivity index (χ1v) is 11.1. The van der Waals surface area contributed by atoms with Gasteiger partial charge >= 0.3 is 0 Å². The van der Waals surface area contributed by atoms with E-state index in [0.717, 1.165) is 22.8 Å². The van der Waals surface area contributed by atoms with Crippen molar-refractivity contribution in [2.45, 2.75) is 24.5 Å². The minimum absolute atomic E-state index is 0.0947. The minimum atomic E-state index is -3.79. The molecule has 1 N–H and O–H groups in total. The predicted molar refractivity (Wildman–Crippen MR) is 115 cm³/mol. The molecule has 0 amide bonds. The van der Waals surface area contributed by atoms with E-state index in [1.54, 1.807) is 35.0 Å². The fourth-order valence-electron chi connectivity index (χ4n) is 3.40. The first-order valence-electron chi connectivity index (χ1n) is 9.63. The molecule has 2 aromatic carbocycles. The number of aryl methyl sites for hydroxylation is 1. The van der Waals surface area contributed by atoms with Crippen LogP contribution in [-0.2, 0) is 21.3 Å². The third kappa shape index (κ3) is 4.79. The lowest BCUT2D eigenvalue weighted by molar-refractivity contribution is 0.111. The van der Waals surface area contributed by atoms with E-state index >= 15 is 0 Å². The van der Waals surface area contributed by atoms with Gasteiger partial charge in [-0.3, -0.25) is 4.79 Å². The Kier molecular flexibility index (Phi) is 7.04. The Bertz CT molecular complexity index is 1110. The zero-order valence-electron chi connectivity index (χ0n) is 17.1. The largest absolute Gasteiger partial charge is 0.390 e. The van der Waals surface area contributed by atoms with Gasteiger partial charge in [0.05, 0.1) is 17.6 Å². The summed E-state index contributed by atoms with van der Waals surface area (Å²) in [6, 6.07) is 14.0. The Balaban J connectivity index is 1.83. The van der Waals surface area contributed by atoms with Gasteiger partial charge in [-0.15, -0.1) is 0 Å². The molecule has 1 atom stereocenters. The molecule has 0 fully saturated rings. The molecule has 30 heavy (non-hydrogen) atoms. The van der Waals surface area contributed by atoms with Crippen molar-refractivity contribution >= 4 is 27.2 Å². The Morgan fingerprint density at radius 2 is 1.87 bits per heavy atom. The second-order valence-corrected chi connectivity index (χ2v) is 9.13. The predicted octanol–water partition coefficient (Wildman–Crippen LogP) is 2.46. The van der Waals surface area contributed by atoms with Crippen LogP contribution in [0.1, 0.15) is 15.9 Å². The second-order valence-electron chi connectivity index (χ2n) is 7.19. The van der Waals surface area contributed by atoms with Gasteiger partial charge in [0, 0.05) is 49.4 Å². The van der Waals surface area contributed by atoms with Crippen LogP contribution in [0.5, 0.6) is 0 Å². The highest BCUT2D eigenvalue weighted by Crippen LogP contribution is 2.21. The molecule has 160 valence electrons. The molecule has 0 aliphatic heterocycles. The highest BCUT2D eigenvalue weighted by Gasteiger charge is 2.27. The maximum Gasteiger partial charge on any atom is 0.243 e. The van der Waals surface area contributed by atoms with Crippen LogP contribution in [0.4, 0.5) is 0 Å². The molecule has 1 heterocycles. The van der Waals surface area contributed by atoms with Gasteiger partial charge in [0.1, 0.15) is 0 Å². The topological polar surface area (TPSA) is 88.8 Å². The lowest BCUT2D eigenvalue weighted by Crippen LogP contribution is -2.40. The number of benzene rings is 2. The van der Waals surface area contributed by atoms with Crippen molar-refractivity contribution in [3.8, 4) is 0 Å². The maximum absolute atomic E-state index is 13.1. The van der Waals surface area contributed by atoms with E-state index in [1.165, 1.54) is 11.4 Å². The number of fused-ring (bicyclic) bond motifs is 1. The summed E-state index contributed by atoms with van der Waals surface area (Å²) in [6.45, 7) is 2.27. The highest BCUT2D eigenvalue weighted by molar-refractivity contribution is 7.89. The number of para-hydroxylation sites is 1. The first kappa shape index (κ1) is 22.2. The number of hydrogen-bond donors (Lipinski definition) is 1. The summed E-state index contributed by atoms with van der Waals surface area (Å²) in [5, 5.41) is 11.5. The molecule has 7 nitrogen and oxygen atoms in total. The number of nitrogens with zero attached hydrogens (tertiary/aromatic N) is 2. The number of carbonyl (C=O) groups excluding carboxylic acids is 1. The van der Waals surface area contributed by atoms with E-state index in [0.29, 0.717) is 5.56 Å². The lowest BCUT2D eigenvalue weighted by atomic mass is 10.2. The molecule has 0 aliphatic carbocycles. The summed E-state index contributed by atoms with van der Waals surface area (Å²) in [4.78, 5) is 11.5. The van der Waals surface area contributed by atoms with Crippen LogP contribution in [-0.4, -0.2) is 61.6 Å². The van der Waals surface area contributed by atoms with Gasteiger partial charge in [-0.05, 0) is 25.1 Å². The Hall–Kier alpha value is -2.52. The molecule has 0 saturated heterocycles. The lowest BCUT2D eigenvalue weighted by Gasteiger charge is -2.25. The molecule has 3 rings (SSSR count). The summed E-state index contributed by atoms with van der Waals surface area (Å²) in [6.07, 6.45) is 1.48. The molecule has 1 unspecified atom stereocenters. The number of aliphatic hydroxyl groups is 1. The number of aromatic nitrogens is 1. The molecule has 0 bridgehead atoms. The van der Waals surface area contributed by atoms with E-state index in [4.69, 9.17) is 4.74 Å². The number of methoxy groups -OCH3 is 1. The molecule has 1 aromatic heterocycles. The third-order valence-electron chi connectivity index (χ3n) is 4.97. The third-order valence-corrected chi connectivity index (χ3v) is 6.85. The van der Waals surface area contributed by atoms with Gasteiger partial charge in [-0.25, -0.2) is 8.42 Å². The van der Waals surface area contributed by atoms with E-state index in [-0.39, 0.29) is 31.1 Å². The van der Waals surface area contributed by atoms with E-state index in [9.17, 15) is 18.3 Å². The molecular weight excluding hydrogens is 404 g/mol. The van der Waals surface area contributed by atoms with Gasteiger partial charge in [-0.2, -0.15) is 4.31 Å². The monoisotopic (exact) mass is 430 g/mol. The van der Waals surface area contributed by atoms with Crippen LogP contribution < -0.4 is 0 Å². The van der Waals surface area contributed by atoms with Crippen LogP contribution in [0, 0.1) is 6.92 Å². The highest BCUT2D eigenvalue weighted by atomic mass is 32.2. The summed E-state index contributed by atoms with van der Waals surface area (Å²) in [5.41, 5.74) is 2.30. The number of ether oxygens (including phenoxy) is 1. The van der Waals surface area contributed by atoms with Crippen molar-refractivity contribution in [1.82, 2.24) is 8.87 Å². The number of hydrogen-bond acceptors (Lipinski definition) is 5. The van der Waals surface area contributed by atoms with Gasteiger partial charge in [0.15, 0.2) is 6.29 Å². The Labute approximate surface area is 176 Å². The SMILES string of the molecule is COCCN(CC(O)Cn1cc(C=O)c2ccccc21)S(=O)(=O)c1ccc(C)cc1. The van der Waals surface area contributed by atoms with Crippen molar-refractivity contribution in [2.75, 3.05) is 26.8 Å². The second kappa shape index (κ2) is 9.53. The zero-order valence-corrected chi connectivity index (χ0v) is 17.9. The van der Waals surface area contributed by atoms with Crippen LogP contribution in [0.2, 0.25) is 0 Å². The summed E-state index contributed by atoms with van der Waals surface area (Å²) >= 11 is 0. The number of aldehydes is 1. The Morgan fingerprint density at radius 1 is 1.17 bits per heavy atom.